The van der Waals surface area contributed by atoms with E-state index >= 15 is 0 Å². The normalized spacial score (nSPS) is 10.5. The van der Waals surface area contributed by atoms with Crippen LogP contribution in [-0.2, 0) is 19.1 Å². The van der Waals surface area contributed by atoms with E-state index < -0.39 is 17.9 Å². The molecule has 39 heavy (non-hydrogen) atoms. The van der Waals surface area contributed by atoms with E-state index in [1.54, 1.807) is 49.6 Å². The molecule has 3 aromatic carbocycles. The Morgan fingerprint density at radius 1 is 0.692 bits per heavy atom. The van der Waals surface area contributed by atoms with E-state index in [9.17, 15) is 14.4 Å². The van der Waals surface area contributed by atoms with Gasteiger partial charge in [0.25, 0.3) is 0 Å². The number of rotatable bonds is 14. The van der Waals surface area contributed by atoms with E-state index in [0.717, 1.165) is 17.4 Å². The number of carbonyl (C=O) groups excluding carboxylic acids is 3. The standard InChI is InChI=1S/C30H28O9/c1-3-28(31)37-21-19-35-18-20-36-25-11-7-23(8-12-25)30(33)39-27-15-13-26(14-16-27)38-29(32)17-6-22-4-9-24(34-2)10-5-22/h3-17H,1,18-21H2,2H3. The number of hydrogen-bond acceptors (Lipinski definition) is 9. The Labute approximate surface area is 226 Å². The Bertz CT molecular complexity index is 1260. The van der Waals surface area contributed by atoms with Crippen LogP contribution in [0.3, 0.4) is 0 Å². The molecule has 9 nitrogen and oxygen atoms in total. The minimum absolute atomic E-state index is 0.137. The first-order chi connectivity index (χ1) is 19.0. The summed E-state index contributed by atoms with van der Waals surface area (Å²) < 4.78 is 31.4. The van der Waals surface area contributed by atoms with Gasteiger partial charge in [-0.1, -0.05) is 18.7 Å². The molecule has 0 N–H and O–H groups in total. The van der Waals surface area contributed by atoms with Crippen molar-refractivity contribution in [3.05, 3.63) is 103 Å². The molecule has 0 aliphatic rings. The number of carbonyl (C=O) groups is 3. The fourth-order valence-electron chi connectivity index (χ4n) is 3.04. The Hall–Kier alpha value is -4.89. The van der Waals surface area contributed by atoms with Crippen molar-refractivity contribution in [3.63, 3.8) is 0 Å². The van der Waals surface area contributed by atoms with Crippen molar-refractivity contribution in [2.24, 2.45) is 0 Å². The van der Waals surface area contributed by atoms with Gasteiger partial charge in [-0.05, 0) is 72.3 Å². The molecule has 0 spiro atoms. The van der Waals surface area contributed by atoms with Crippen molar-refractivity contribution in [1.29, 1.82) is 0 Å². The average molecular weight is 533 g/mol. The van der Waals surface area contributed by atoms with Gasteiger partial charge >= 0.3 is 17.9 Å². The van der Waals surface area contributed by atoms with Gasteiger partial charge < -0.3 is 28.4 Å². The fourth-order valence-corrected chi connectivity index (χ4v) is 3.04. The number of esters is 3. The molecule has 0 fully saturated rings. The molecule has 0 bridgehead atoms. The van der Waals surface area contributed by atoms with Crippen molar-refractivity contribution >= 4 is 24.0 Å². The highest BCUT2D eigenvalue weighted by molar-refractivity contribution is 5.91. The molecule has 0 saturated carbocycles. The van der Waals surface area contributed by atoms with Gasteiger partial charge in [-0.3, -0.25) is 0 Å². The summed E-state index contributed by atoms with van der Waals surface area (Å²) in [7, 11) is 1.58. The molecule has 0 aliphatic heterocycles. The van der Waals surface area contributed by atoms with E-state index in [1.807, 2.05) is 12.1 Å². The second kappa shape index (κ2) is 15.4. The molecule has 9 heteroatoms. The zero-order chi connectivity index (χ0) is 27.9. The molecule has 202 valence electrons. The molecule has 3 aromatic rings. The smallest absolute Gasteiger partial charge is 0.343 e. The number of ether oxygens (including phenoxy) is 6. The molecule has 0 unspecified atom stereocenters. The van der Waals surface area contributed by atoms with Crippen LogP contribution in [0.15, 0.2) is 91.5 Å². The lowest BCUT2D eigenvalue weighted by Crippen LogP contribution is -2.12. The third kappa shape index (κ3) is 10.2. The lowest BCUT2D eigenvalue weighted by atomic mass is 10.2. The zero-order valence-electron chi connectivity index (χ0n) is 21.4. The van der Waals surface area contributed by atoms with Crippen LogP contribution < -0.4 is 18.9 Å². The van der Waals surface area contributed by atoms with Gasteiger partial charge in [0.15, 0.2) is 0 Å². The molecule has 0 amide bonds. The Kier molecular flexibility index (Phi) is 11.3. The van der Waals surface area contributed by atoms with Crippen LogP contribution in [-0.4, -0.2) is 51.4 Å². The first kappa shape index (κ1) is 28.7. The third-order valence-corrected chi connectivity index (χ3v) is 5.01. The van der Waals surface area contributed by atoms with Crippen molar-refractivity contribution in [2.75, 3.05) is 33.5 Å². The summed E-state index contributed by atoms with van der Waals surface area (Å²) in [4.78, 5) is 35.4. The fraction of sp³-hybridized carbons (Fsp3) is 0.167. The minimum Gasteiger partial charge on any atom is -0.497 e. The summed E-state index contributed by atoms with van der Waals surface area (Å²) in [5.74, 6) is 0.292. The second-order valence-corrected chi connectivity index (χ2v) is 7.75. The van der Waals surface area contributed by atoms with E-state index in [2.05, 4.69) is 6.58 Å². The zero-order valence-corrected chi connectivity index (χ0v) is 21.4. The van der Waals surface area contributed by atoms with Crippen molar-refractivity contribution in [1.82, 2.24) is 0 Å². The van der Waals surface area contributed by atoms with Gasteiger partial charge in [0.2, 0.25) is 0 Å². The maximum absolute atomic E-state index is 12.5. The highest BCUT2D eigenvalue weighted by Gasteiger charge is 2.10. The van der Waals surface area contributed by atoms with Crippen LogP contribution in [0.5, 0.6) is 23.0 Å². The predicted octanol–water partition coefficient (Wildman–Crippen LogP) is 4.66. The molecule has 3 rings (SSSR count). The Morgan fingerprint density at radius 2 is 1.28 bits per heavy atom. The van der Waals surface area contributed by atoms with Crippen LogP contribution in [0.1, 0.15) is 15.9 Å². The second-order valence-electron chi connectivity index (χ2n) is 7.75. The predicted molar refractivity (Wildman–Crippen MR) is 143 cm³/mol. The quantitative estimate of drug-likeness (QED) is 0.127. The molecule has 0 aromatic heterocycles. The maximum Gasteiger partial charge on any atom is 0.343 e. The summed E-state index contributed by atoms with van der Waals surface area (Å²) in [5.41, 5.74) is 1.16. The van der Waals surface area contributed by atoms with Gasteiger partial charge in [-0.15, -0.1) is 0 Å². The summed E-state index contributed by atoms with van der Waals surface area (Å²) in [6, 6.07) is 19.8. The van der Waals surface area contributed by atoms with Gasteiger partial charge in [0, 0.05) is 12.2 Å². The summed E-state index contributed by atoms with van der Waals surface area (Å²) in [6.45, 7) is 4.28. The number of benzene rings is 3. The topological polar surface area (TPSA) is 107 Å². The summed E-state index contributed by atoms with van der Waals surface area (Å²) in [5, 5.41) is 0. The van der Waals surface area contributed by atoms with Crippen LogP contribution in [0.4, 0.5) is 0 Å². The molecule has 0 saturated heterocycles. The molecular weight excluding hydrogens is 504 g/mol. The van der Waals surface area contributed by atoms with Gasteiger partial charge in [0.1, 0.15) is 36.2 Å². The van der Waals surface area contributed by atoms with Gasteiger partial charge in [-0.2, -0.15) is 0 Å². The number of hydrogen-bond donors (Lipinski definition) is 0. The maximum atomic E-state index is 12.5. The van der Waals surface area contributed by atoms with E-state index in [-0.39, 0.29) is 19.8 Å². The van der Waals surface area contributed by atoms with Crippen molar-refractivity contribution in [3.8, 4) is 23.0 Å². The highest BCUT2D eigenvalue weighted by atomic mass is 16.6. The van der Waals surface area contributed by atoms with Gasteiger partial charge in [0.05, 0.1) is 25.9 Å². The third-order valence-electron chi connectivity index (χ3n) is 5.01. The van der Waals surface area contributed by atoms with E-state index in [0.29, 0.717) is 29.4 Å². The summed E-state index contributed by atoms with van der Waals surface area (Å²) in [6.07, 6.45) is 4.04. The van der Waals surface area contributed by atoms with Crippen molar-refractivity contribution < 1.29 is 42.8 Å². The highest BCUT2D eigenvalue weighted by Crippen LogP contribution is 2.20. The van der Waals surface area contributed by atoms with E-state index in [4.69, 9.17) is 28.4 Å². The molecule has 0 radical (unpaired) electrons. The molecule has 0 heterocycles. The lowest BCUT2D eigenvalue weighted by Gasteiger charge is -2.09. The Balaban J connectivity index is 1.39. The largest absolute Gasteiger partial charge is 0.497 e. The van der Waals surface area contributed by atoms with Crippen LogP contribution in [0, 0.1) is 0 Å². The summed E-state index contributed by atoms with van der Waals surface area (Å²) >= 11 is 0. The first-order valence-electron chi connectivity index (χ1n) is 11.9. The Morgan fingerprint density at radius 3 is 1.92 bits per heavy atom. The van der Waals surface area contributed by atoms with Gasteiger partial charge in [-0.25, -0.2) is 14.4 Å². The van der Waals surface area contributed by atoms with E-state index in [1.165, 1.54) is 30.3 Å². The minimum atomic E-state index is -0.550. The monoisotopic (exact) mass is 532 g/mol. The molecule has 0 atom stereocenters. The SMILES string of the molecule is C=CC(=O)OCCOCCOc1ccc(C(=O)Oc2ccc(OC(=O)C=Cc3ccc(OC)cc3)cc2)cc1. The average Bonchev–Trinajstić information content (AvgIpc) is 2.97. The van der Waals surface area contributed by atoms with Crippen molar-refractivity contribution in [2.45, 2.75) is 0 Å². The van der Waals surface area contributed by atoms with Crippen LogP contribution >= 0.6 is 0 Å². The molecule has 0 aliphatic carbocycles. The van der Waals surface area contributed by atoms with Crippen LogP contribution in [0.25, 0.3) is 6.08 Å². The first-order valence-corrected chi connectivity index (χ1v) is 11.9. The molecular formula is C30H28O9. The lowest BCUT2D eigenvalue weighted by molar-refractivity contribution is -0.139. The number of methoxy groups -OCH3 is 1. The van der Waals surface area contributed by atoms with Crippen LogP contribution in [0.2, 0.25) is 0 Å².